The highest BCUT2D eigenvalue weighted by Crippen LogP contribution is 2.45. The smallest absolute Gasteiger partial charge is 0.462 e. The van der Waals surface area contributed by atoms with Crippen molar-refractivity contribution in [1.29, 1.82) is 0 Å². The van der Waals surface area contributed by atoms with E-state index in [9.17, 15) is 43.2 Å². The third kappa shape index (κ3) is 76.3. The zero-order chi connectivity index (χ0) is 75.1. The number of carbonyl (C=O) groups excluding carboxylic acids is 4. The Kier molecular flexibility index (Phi) is 71.8. The number of unbranched alkanes of at least 4 members (excludes halogenated alkanes) is 49. The van der Waals surface area contributed by atoms with Gasteiger partial charge in [-0.25, -0.2) is 9.13 Å². The van der Waals surface area contributed by atoms with Crippen LogP contribution in [0.25, 0.3) is 0 Å². The van der Waals surface area contributed by atoms with Crippen molar-refractivity contribution >= 4 is 39.5 Å². The molecule has 0 aromatic rings. The van der Waals surface area contributed by atoms with Gasteiger partial charge in [0, 0.05) is 25.7 Å². The molecule has 0 aromatic heterocycles. The largest absolute Gasteiger partial charge is 0.472 e. The van der Waals surface area contributed by atoms with E-state index in [1.54, 1.807) is 0 Å². The molecule has 0 saturated carbocycles. The predicted molar refractivity (Wildman–Crippen MR) is 418 cm³/mol. The van der Waals surface area contributed by atoms with Gasteiger partial charge in [-0.15, -0.1) is 0 Å². The molecule has 0 radical (unpaired) electrons. The molecular formula is C83H162O17P2. The van der Waals surface area contributed by atoms with Gasteiger partial charge in [-0.05, 0) is 43.4 Å². The van der Waals surface area contributed by atoms with Crippen molar-refractivity contribution in [3.63, 3.8) is 0 Å². The molecule has 0 aliphatic carbocycles. The van der Waals surface area contributed by atoms with E-state index in [4.69, 9.17) is 37.0 Å². The molecular weight excluding hydrogens is 1330 g/mol. The first-order valence-corrected chi connectivity index (χ1v) is 45.8. The maximum Gasteiger partial charge on any atom is 0.472 e. The normalized spacial score (nSPS) is 13.9. The molecule has 0 saturated heterocycles. The summed E-state index contributed by atoms with van der Waals surface area (Å²) >= 11 is 0. The van der Waals surface area contributed by atoms with Crippen LogP contribution in [0.4, 0.5) is 0 Å². The molecule has 606 valence electrons. The highest BCUT2D eigenvalue weighted by atomic mass is 31.2. The molecule has 0 amide bonds. The van der Waals surface area contributed by atoms with Crippen LogP contribution in [0.2, 0.25) is 0 Å². The highest BCUT2D eigenvalue weighted by molar-refractivity contribution is 7.47. The molecule has 0 bridgehead atoms. The molecule has 19 heteroatoms. The Morgan fingerprint density at radius 3 is 0.667 bits per heavy atom. The first-order valence-electron chi connectivity index (χ1n) is 42.8. The van der Waals surface area contributed by atoms with Crippen molar-refractivity contribution < 1.29 is 80.2 Å². The number of phosphoric ester groups is 2. The summed E-state index contributed by atoms with van der Waals surface area (Å²) in [6.45, 7) is 12.0. The number of esters is 4. The standard InChI is InChI=1S/C83H162O17P2/c1-8-9-10-11-12-13-14-15-16-17-18-26-31-36-45-52-59-66-83(88)100-79(71-94-81(86)65-58-51-44-39-38-42-49-56-63-76(6)7)73-98-102(91,92)96-69-77(84)68-95-101(89,90)97-72-78(99-82(87)67-60-53-46-37-32-27-22-20-24-29-34-41-48-55-62-75(4)5)70-93-80(85)64-57-50-43-35-30-25-21-19-23-28-33-40-47-54-61-74(2)3/h74-79,84H,8-73H2,1-7H3,(H,89,90)(H,91,92)/t77-,78-,79-/m1/s1. The van der Waals surface area contributed by atoms with E-state index in [0.717, 1.165) is 108 Å². The van der Waals surface area contributed by atoms with Crippen molar-refractivity contribution in [3.8, 4) is 0 Å². The van der Waals surface area contributed by atoms with E-state index < -0.39 is 97.5 Å². The van der Waals surface area contributed by atoms with Gasteiger partial charge in [0.1, 0.15) is 19.3 Å². The quantitative estimate of drug-likeness (QED) is 0.0222. The summed E-state index contributed by atoms with van der Waals surface area (Å²) in [5, 5.41) is 10.7. The Balaban J connectivity index is 5.25. The Labute approximate surface area is 626 Å². The monoisotopic (exact) mass is 1490 g/mol. The van der Waals surface area contributed by atoms with Crippen LogP contribution >= 0.6 is 15.6 Å². The van der Waals surface area contributed by atoms with Crippen LogP contribution in [0.3, 0.4) is 0 Å². The molecule has 5 atom stereocenters. The fourth-order valence-electron chi connectivity index (χ4n) is 12.8. The number of phosphoric acid groups is 2. The number of hydrogen-bond acceptors (Lipinski definition) is 15. The summed E-state index contributed by atoms with van der Waals surface area (Å²) in [5.74, 6) is 0.213. The lowest BCUT2D eigenvalue weighted by Crippen LogP contribution is -2.30. The topological polar surface area (TPSA) is 237 Å². The number of rotatable bonds is 81. The summed E-state index contributed by atoms with van der Waals surface area (Å²) in [7, 11) is -9.93. The summed E-state index contributed by atoms with van der Waals surface area (Å²) < 4.78 is 68.8. The minimum Gasteiger partial charge on any atom is -0.462 e. The number of ether oxygens (including phenoxy) is 4. The van der Waals surface area contributed by atoms with Gasteiger partial charge < -0.3 is 33.8 Å². The van der Waals surface area contributed by atoms with Gasteiger partial charge in [-0.2, -0.15) is 0 Å². The SMILES string of the molecule is CCCCCCCCCCCCCCCCCCCC(=O)O[C@H](COC(=O)CCCCCCCCCCC(C)C)COP(=O)(O)OC[C@H](O)COP(=O)(O)OC[C@@H](COC(=O)CCCCCCCCCCCCCCCCC(C)C)OC(=O)CCCCCCCCCCCCCCCCC(C)C. The number of aliphatic hydroxyl groups excluding tert-OH is 1. The van der Waals surface area contributed by atoms with Crippen molar-refractivity contribution in [2.45, 2.75) is 452 Å². The van der Waals surface area contributed by atoms with E-state index in [-0.39, 0.29) is 25.7 Å². The molecule has 0 fully saturated rings. The number of aliphatic hydroxyl groups is 1. The summed E-state index contributed by atoms with van der Waals surface area (Å²) in [5.41, 5.74) is 0. The van der Waals surface area contributed by atoms with E-state index in [2.05, 4.69) is 48.5 Å². The Hall–Kier alpha value is -1.94. The maximum absolute atomic E-state index is 13.1. The highest BCUT2D eigenvalue weighted by Gasteiger charge is 2.30. The summed E-state index contributed by atoms with van der Waals surface area (Å²) in [6.07, 6.45) is 62.4. The lowest BCUT2D eigenvalue weighted by Gasteiger charge is -2.21. The second kappa shape index (κ2) is 73.2. The third-order valence-electron chi connectivity index (χ3n) is 19.4. The Morgan fingerprint density at radius 2 is 0.451 bits per heavy atom. The van der Waals surface area contributed by atoms with E-state index in [1.165, 1.54) is 244 Å². The van der Waals surface area contributed by atoms with Gasteiger partial charge in [-0.3, -0.25) is 37.3 Å². The van der Waals surface area contributed by atoms with E-state index in [1.807, 2.05) is 0 Å². The Morgan fingerprint density at radius 1 is 0.265 bits per heavy atom. The molecule has 2 unspecified atom stereocenters. The van der Waals surface area contributed by atoms with Gasteiger partial charge in [0.2, 0.25) is 0 Å². The fourth-order valence-corrected chi connectivity index (χ4v) is 14.4. The van der Waals surface area contributed by atoms with Crippen molar-refractivity contribution in [2.75, 3.05) is 39.6 Å². The first kappa shape index (κ1) is 100. The zero-order valence-electron chi connectivity index (χ0n) is 67.1. The average molecular weight is 1490 g/mol. The van der Waals surface area contributed by atoms with Crippen molar-refractivity contribution in [3.05, 3.63) is 0 Å². The van der Waals surface area contributed by atoms with Crippen LogP contribution in [0.5, 0.6) is 0 Å². The van der Waals surface area contributed by atoms with E-state index >= 15 is 0 Å². The van der Waals surface area contributed by atoms with Crippen LogP contribution in [0.15, 0.2) is 0 Å². The lowest BCUT2D eigenvalue weighted by molar-refractivity contribution is -0.161. The number of hydrogen-bond donors (Lipinski definition) is 3. The summed E-state index contributed by atoms with van der Waals surface area (Å²) in [6, 6.07) is 0. The molecule has 0 aromatic carbocycles. The second-order valence-electron chi connectivity index (χ2n) is 31.3. The maximum atomic E-state index is 13.1. The van der Waals surface area contributed by atoms with Gasteiger partial charge >= 0.3 is 39.5 Å². The molecule has 17 nitrogen and oxygen atoms in total. The molecule has 0 aliphatic rings. The van der Waals surface area contributed by atoms with Crippen molar-refractivity contribution in [2.24, 2.45) is 17.8 Å². The van der Waals surface area contributed by atoms with Crippen LogP contribution in [-0.2, 0) is 65.4 Å². The van der Waals surface area contributed by atoms with Gasteiger partial charge in [0.15, 0.2) is 12.2 Å². The molecule has 0 rings (SSSR count). The lowest BCUT2D eigenvalue weighted by atomic mass is 10.0. The van der Waals surface area contributed by atoms with Gasteiger partial charge in [0.05, 0.1) is 26.4 Å². The van der Waals surface area contributed by atoms with Crippen LogP contribution in [0, 0.1) is 17.8 Å². The molecule has 0 heterocycles. The summed E-state index contributed by atoms with van der Waals surface area (Å²) in [4.78, 5) is 73.1. The van der Waals surface area contributed by atoms with E-state index in [0.29, 0.717) is 25.7 Å². The van der Waals surface area contributed by atoms with Gasteiger partial charge in [0.25, 0.3) is 0 Å². The average Bonchev–Trinajstić information content (AvgIpc) is 0.909. The third-order valence-corrected chi connectivity index (χ3v) is 21.3. The van der Waals surface area contributed by atoms with Crippen LogP contribution in [0.1, 0.15) is 434 Å². The zero-order valence-corrected chi connectivity index (χ0v) is 68.9. The molecule has 102 heavy (non-hydrogen) atoms. The fraction of sp³-hybridized carbons (Fsp3) is 0.952. The van der Waals surface area contributed by atoms with Crippen molar-refractivity contribution in [1.82, 2.24) is 0 Å². The predicted octanol–water partition coefficient (Wildman–Crippen LogP) is 24.9. The van der Waals surface area contributed by atoms with Crippen LogP contribution in [-0.4, -0.2) is 96.7 Å². The number of carbonyl (C=O) groups is 4. The first-order chi connectivity index (χ1) is 49.2. The second-order valence-corrected chi connectivity index (χ2v) is 34.2. The molecule has 0 aliphatic heterocycles. The Bertz CT molecular complexity index is 1970. The molecule has 0 spiro atoms. The van der Waals surface area contributed by atoms with Gasteiger partial charge in [-0.1, -0.05) is 382 Å². The minimum atomic E-state index is -4.96. The van der Waals surface area contributed by atoms with Crippen LogP contribution < -0.4 is 0 Å². The molecule has 3 N–H and O–H groups in total. The minimum absolute atomic E-state index is 0.108.